The summed E-state index contributed by atoms with van der Waals surface area (Å²) in [5, 5.41) is -0.0980. The van der Waals surface area contributed by atoms with Gasteiger partial charge in [0, 0.05) is 22.7 Å². The molecule has 0 aromatic heterocycles. The minimum Gasteiger partial charge on any atom is -0.400 e. The highest BCUT2D eigenvalue weighted by molar-refractivity contribution is 9.10. The summed E-state index contributed by atoms with van der Waals surface area (Å²) in [6.45, 7) is 9.01. The van der Waals surface area contributed by atoms with E-state index < -0.39 is 30.0 Å². The van der Waals surface area contributed by atoms with Crippen LogP contribution in [0.3, 0.4) is 0 Å². The van der Waals surface area contributed by atoms with Gasteiger partial charge in [-0.2, -0.15) is 0 Å². The second-order valence-electron chi connectivity index (χ2n) is 6.87. The summed E-state index contributed by atoms with van der Waals surface area (Å²) in [4.78, 5) is 11.3. The van der Waals surface area contributed by atoms with Gasteiger partial charge in [-0.15, -0.1) is 0 Å². The standard InChI is InChI=1S/C17H20BBrF2O3S/c1-10(22)25-9-11(18-23-16(2,3)17(4,5)24-18)6-13-14(20)7-12(19)8-15(13)21/h6-8H,9H2,1-5H3. The zero-order valence-corrected chi connectivity index (χ0v) is 17.2. The molecule has 0 aliphatic carbocycles. The van der Waals surface area contributed by atoms with Gasteiger partial charge in [0.15, 0.2) is 5.12 Å². The molecule has 1 aliphatic heterocycles. The van der Waals surface area contributed by atoms with Gasteiger partial charge in [-0.1, -0.05) is 33.8 Å². The molecule has 0 atom stereocenters. The van der Waals surface area contributed by atoms with Gasteiger partial charge in [-0.3, -0.25) is 4.79 Å². The maximum atomic E-state index is 14.2. The van der Waals surface area contributed by atoms with E-state index in [0.29, 0.717) is 9.95 Å². The molecule has 0 amide bonds. The first-order valence-corrected chi connectivity index (χ1v) is 9.55. The van der Waals surface area contributed by atoms with Crippen LogP contribution in [0.15, 0.2) is 22.1 Å². The third kappa shape index (κ3) is 4.73. The number of benzene rings is 1. The lowest BCUT2D eigenvalue weighted by Crippen LogP contribution is -2.41. The lowest BCUT2D eigenvalue weighted by molar-refractivity contribution is -0.109. The largest absolute Gasteiger partial charge is 0.491 e. The molecule has 8 heteroatoms. The molecule has 25 heavy (non-hydrogen) atoms. The summed E-state index contributed by atoms with van der Waals surface area (Å²) in [6, 6.07) is 2.38. The van der Waals surface area contributed by atoms with Crippen LogP contribution in [0, 0.1) is 11.6 Å². The summed E-state index contributed by atoms with van der Waals surface area (Å²) in [5.41, 5.74) is -0.862. The molecule has 0 radical (unpaired) electrons. The number of rotatable bonds is 4. The van der Waals surface area contributed by atoms with Crippen molar-refractivity contribution in [1.82, 2.24) is 0 Å². The topological polar surface area (TPSA) is 35.5 Å². The Morgan fingerprint density at radius 1 is 1.20 bits per heavy atom. The van der Waals surface area contributed by atoms with Crippen LogP contribution in [0.4, 0.5) is 8.78 Å². The van der Waals surface area contributed by atoms with Crippen LogP contribution in [-0.4, -0.2) is 29.2 Å². The molecule has 0 saturated carbocycles. The Morgan fingerprint density at radius 3 is 2.12 bits per heavy atom. The van der Waals surface area contributed by atoms with Crippen molar-refractivity contribution in [2.24, 2.45) is 0 Å². The van der Waals surface area contributed by atoms with Gasteiger partial charge in [0.05, 0.1) is 11.2 Å². The molecular weight excluding hydrogens is 413 g/mol. The zero-order valence-electron chi connectivity index (χ0n) is 14.8. The first kappa shape index (κ1) is 20.6. The Kier molecular flexibility index (Phi) is 6.19. The Balaban J connectivity index is 2.42. The molecule has 136 valence electrons. The monoisotopic (exact) mass is 432 g/mol. The Bertz CT molecular complexity index is 683. The molecule has 1 fully saturated rings. The maximum absolute atomic E-state index is 14.2. The minimum absolute atomic E-state index is 0.0980. The first-order valence-electron chi connectivity index (χ1n) is 7.77. The van der Waals surface area contributed by atoms with E-state index in [4.69, 9.17) is 9.31 Å². The van der Waals surface area contributed by atoms with Crippen molar-refractivity contribution in [2.45, 2.75) is 45.8 Å². The predicted octanol–water partition coefficient (Wildman–Crippen LogP) is 5.02. The SMILES string of the molecule is CC(=O)SCC(=Cc1c(F)cc(Br)cc1F)B1OC(C)(C)C(C)(C)O1. The normalized spacial score (nSPS) is 19.4. The van der Waals surface area contributed by atoms with Crippen molar-refractivity contribution in [1.29, 1.82) is 0 Å². The third-order valence-electron chi connectivity index (χ3n) is 4.37. The lowest BCUT2D eigenvalue weighted by atomic mass is 9.78. The molecule has 1 aromatic carbocycles. The Labute approximate surface area is 159 Å². The van der Waals surface area contributed by atoms with Crippen LogP contribution in [-0.2, 0) is 14.1 Å². The summed E-state index contributed by atoms with van der Waals surface area (Å²) in [7, 11) is -0.778. The third-order valence-corrected chi connectivity index (χ3v) is 5.71. The molecule has 1 heterocycles. The van der Waals surface area contributed by atoms with Crippen molar-refractivity contribution in [3.63, 3.8) is 0 Å². The molecule has 1 aromatic rings. The highest BCUT2D eigenvalue weighted by atomic mass is 79.9. The molecule has 2 rings (SSSR count). The summed E-state index contributed by atoms with van der Waals surface area (Å²) in [6.07, 6.45) is 1.37. The highest BCUT2D eigenvalue weighted by Crippen LogP contribution is 2.39. The van der Waals surface area contributed by atoms with Crippen molar-refractivity contribution < 1.29 is 22.9 Å². The van der Waals surface area contributed by atoms with Gasteiger partial charge >= 0.3 is 7.12 Å². The van der Waals surface area contributed by atoms with Crippen LogP contribution >= 0.6 is 27.7 Å². The van der Waals surface area contributed by atoms with Gasteiger partial charge in [0.2, 0.25) is 0 Å². The fraction of sp³-hybridized carbons (Fsp3) is 0.471. The number of carbonyl (C=O) groups is 1. The van der Waals surface area contributed by atoms with E-state index in [1.165, 1.54) is 25.1 Å². The van der Waals surface area contributed by atoms with Gasteiger partial charge in [0.25, 0.3) is 0 Å². The van der Waals surface area contributed by atoms with Crippen LogP contribution in [0.25, 0.3) is 6.08 Å². The zero-order chi connectivity index (χ0) is 19.0. The molecule has 1 aliphatic rings. The quantitative estimate of drug-likeness (QED) is 0.625. The highest BCUT2D eigenvalue weighted by Gasteiger charge is 2.52. The molecule has 1 saturated heterocycles. The molecule has 3 nitrogen and oxygen atoms in total. The van der Waals surface area contributed by atoms with E-state index >= 15 is 0 Å². The van der Waals surface area contributed by atoms with Crippen molar-refractivity contribution in [3.05, 3.63) is 39.3 Å². The molecule has 0 N–H and O–H groups in total. The fourth-order valence-electron chi connectivity index (χ4n) is 2.23. The van der Waals surface area contributed by atoms with E-state index in [1.54, 1.807) is 0 Å². The number of carbonyl (C=O) groups excluding carboxylic acids is 1. The van der Waals surface area contributed by atoms with Crippen LogP contribution in [0.2, 0.25) is 0 Å². The first-order chi connectivity index (χ1) is 11.4. The van der Waals surface area contributed by atoms with Crippen molar-refractivity contribution in [2.75, 3.05) is 5.75 Å². The predicted molar refractivity (Wildman–Crippen MR) is 101 cm³/mol. The van der Waals surface area contributed by atoms with Gasteiger partial charge < -0.3 is 9.31 Å². The molecule has 0 spiro atoms. The smallest absolute Gasteiger partial charge is 0.400 e. The summed E-state index contributed by atoms with van der Waals surface area (Å²) < 4.78 is 40.6. The number of halogens is 3. The molecule has 0 unspecified atom stereocenters. The van der Waals surface area contributed by atoms with E-state index in [0.717, 1.165) is 11.8 Å². The van der Waals surface area contributed by atoms with Crippen molar-refractivity contribution in [3.8, 4) is 0 Å². The summed E-state index contributed by atoms with van der Waals surface area (Å²) >= 11 is 4.10. The van der Waals surface area contributed by atoms with Gasteiger partial charge in [0.1, 0.15) is 11.6 Å². The lowest BCUT2D eigenvalue weighted by Gasteiger charge is -2.32. The number of hydrogen-bond acceptors (Lipinski definition) is 4. The fourth-order valence-corrected chi connectivity index (χ4v) is 3.23. The molecular formula is C17H20BBrF2O3S. The second-order valence-corrected chi connectivity index (χ2v) is 8.94. The van der Waals surface area contributed by atoms with Crippen LogP contribution in [0.1, 0.15) is 40.2 Å². The number of thioether (sulfide) groups is 1. The Morgan fingerprint density at radius 2 is 1.68 bits per heavy atom. The van der Waals surface area contributed by atoms with Crippen LogP contribution < -0.4 is 0 Å². The average Bonchev–Trinajstić information content (AvgIpc) is 2.65. The molecule has 0 bridgehead atoms. The summed E-state index contributed by atoms with van der Waals surface area (Å²) in [5.74, 6) is -1.18. The minimum atomic E-state index is -0.778. The van der Waals surface area contributed by atoms with E-state index in [9.17, 15) is 13.6 Å². The van der Waals surface area contributed by atoms with Gasteiger partial charge in [-0.25, -0.2) is 8.78 Å². The Hall–Kier alpha value is -0.695. The van der Waals surface area contributed by atoms with E-state index in [-0.39, 0.29) is 16.4 Å². The number of hydrogen-bond donors (Lipinski definition) is 0. The van der Waals surface area contributed by atoms with Gasteiger partial charge in [-0.05, 0) is 45.3 Å². The van der Waals surface area contributed by atoms with Crippen molar-refractivity contribution >= 4 is 46.0 Å². The average molecular weight is 433 g/mol. The van der Waals surface area contributed by atoms with Crippen LogP contribution in [0.5, 0.6) is 0 Å². The second kappa shape index (κ2) is 7.51. The van der Waals surface area contributed by atoms with E-state index in [2.05, 4.69) is 15.9 Å². The van der Waals surface area contributed by atoms with E-state index in [1.807, 2.05) is 27.7 Å². The maximum Gasteiger partial charge on any atom is 0.491 e.